The van der Waals surface area contributed by atoms with Gasteiger partial charge in [0.05, 0.1) is 6.10 Å². The summed E-state index contributed by atoms with van der Waals surface area (Å²) in [6.07, 6.45) is 7.25. The van der Waals surface area contributed by atoms with Crippen LogP contribution in [-0.4, -0.2) is 37.0 Å². The van der Waals surface area contributed by atoms with Crippen molar-refractivity contribution in [3.05, 3.63) is 0 Å². The molecule has 0 heterocycles. The Bertz CT molecular complexity index is 145. The molecule has 2 N–H and O–H groups in total. The first-order valence-corrected chi connectivity index (χ1v) is 6.32. The van der Waals surface area contributed by atoms with Gasteiger partial charge in [-0.25, -0.2) is 0 Å². The summed E-state index contributed by atoms with van der Waals surface area (Å²) < 4.78 is 5.69. The van der Waals surface area contributed by atoms with Crippen molar-refractivity contribution in [2.45, 2.75) is 57.6 Å². The fourth-order valence-corrected chi connectivity index (χ4v) is 2.10. The average molecular weight is 215 g/mol. The largest absolute Gasteiger partial charge is 0.396 e. The van der Waals surface area contributed by atoms with E-state index in [1.54, 1.807) is 0 Å². The summed E-state index contributed by atoms with van der Waals surface area (Å²) in [5.74, 6) is 0. The lowest BCUT2D eigenvalue weighted by Gasteiger charge is -2.29. The molecule has 1 rings (SSSR count). The second-order valence-corrected chi connectivity index (χ2v) is 4.38. The Kier molecular flexibility index (Phi) is 6.98. The van der Waals surface area contributed by atoms with Crippen LogP contribution in [0.25, 0.3) is 0 Å². The van der Waals surface area contributed by atoms with Crippen molar-refractivity contribution in [1.82, 2.24) is 5.32 Å². The van der Waals surface area contributed by atoms with E-state index in [0.717, 1.165) is 13.0 Å². The molecule has 0 unspecified atom stereocenters. The zero-order chi connectivity index (χ0) is 10.9. The van der Waals surface area contributed by atoms with Crippen LogP contribution in [0.1, 0.15) is 45.4 Å². The minimum absolute atomic E-state index is 0.243. The van der Waals surface area contributed by atoms with E-state index in [1.165, 1.54) is 32.1 Å². The summed E-state index contributed by atoms with van der Waals surface area (Å²) in [5, 5.41) is 12.2. The fourth-order valence-electron chi connectivity index (χ4n) is 2.10. The van der Waals surface area contributed by atoms with Crippen LogP contribution in [0.4, 0.5) is 0 Å². The van der Waals surface area contributed by atoms with Crippen molar-refractivity contribution in [3.8, 4) is 0 Å². The van der Waals surface area contributed by atoms with Crippen molar-refractivity contribution < 1.29 is 9.84 Å². The lowest BCUT2D eigenvalue weighted by Crippen LogP contribution is -2.35. The zero-order valence-electron chi connectivity index (χ0n) is 9.87. The molecule has 0 bridgehead atoms. The maximum atomic E-state index is 8.64. The molecule has 0 radical (unpaired) electrons. The first kappa shape index (κ1) is 12.9. The third-order valence-corrected chi connectivity index (χ3v) is 3.01. The normalized spacial score (nSPS) is 26.8. The predicted octanol–water partition coefficient (Wildman–Crippen LogP) is 1.70. The highest BCUT2D eigenvalue weighted by Gasteiger charge is 2.20. The summed E-state index contributed by atoms with van der Waals surface area (Å²) in [6, 6.07) is 0.711. The Morgan fingerprint density at radius 2 is 2.00 bits per heavy atom. The topological polar surface area (TPSA) is 41.5 Å². The molecule has 1 saturated carbocycles. The Balaban J connectivity index is 2.02. The summed E-state index contributed by atoms with van der Waals surface area (Å²) in [5.41, 5.74) is 0. The van der Waals surface area contributed by atoms with Gasteiger partial charge in [0.1, 0.15) is 0 Å². The van der Waals surface area contributed by atoms with Crippen molar-refractivity contribution in [2.24, 2.45) is 0 Å². The molecule has 0 saturated heterocycles. The molecule has 0 spiro atoms. The van der Waals surface area contributed by atoms with Gasteiger partial charge in [-0.3, -0.25) is 0 Å². The summed E-state index contributed by atoms with van der Waals surface area (Å²) in [7, 11) is 0. The SMILES string of the molecule is CCCNC1CCC(OCCCO)CC1. The van der Waals surface area contributed by atoms with E-state index in [4.69, 9.17) is 9.84 Å². The molecule has 15 heavy (non-hydrogen) atoms. The van der Waals surface area contributed by atoms with Crippen LogP contribution >= 0.6 is 0 Å². The van der Waals surface area contributed by atoms with Crippen molar-refractivity contribution in [2.75, 3.05) is 19.8 Å². The van der Waals surface area contributed by atoms with Gasteiger partial charge in [-0.2, -0.15) is 0 Å². The maximum absolute atomic E-state index is 8.64. The van der Waals surface area contributed by atoms with E-state index in [9.17, 15) is 0 Å². The number of hydrogen-bond acceptors (Lipinski definition) is 3. The van der Waals surface area contributed by atoms with E-state index in [1.807, 2.05) is 0 Å². The third-order valence-electron chi connectivity index (χ3n) is 3.01. The first-order valence-electron chi connectivity index (χ1n) is 6.32. The fraction of sp³-hybridized carbons (Fsp3) is 1.00. The van der Waals surface area contributed by atoms with Gasteiger partial charge in [0.15, 0.2) is 0 Å². The molecule has 3 heteroatoms. The highest BCUT2D eigenvalue weighted by molar-refractivity contribution is 4.77. The molecule has 0 amide bonds. The minimum atomic E-state index is 0.243. The summed E-state index contributed by atoms with van der Waals surface area (Å²) >= 11 is 0. The van der Waals surface area contributed by atoms with E-state index >= 15 is 0 Å². The first-order chi connectivity index (χ1) is 7.36. The molecular weight excluding hydrogens is 190 g/mol. The van der Waals surface area contributed by atoms with E-state index in [2.05, 4.69) is 12.2 Å². The molecule has 90 valence electrons. The highest BCUT2D eigenvalue weighted by Crippen LogP contribution is 2.21. The van der Waals surface area contributed by atoms with Gasteiger partial charge in [-0.1, -0.05) is 6.92 Å². The molecule has 0 aromatic carbocycles. The minimum Gasteiger partial charge on any atom is -0.396 e. The highest BCUT2D eigenvalue weighted by atomic mass is 16.5. The molecule has 0 aromatic rings. The Morgan fingerprint density at radius 1 is 1.27 bits per heavy atom. The lowest BCUT2D eigenvalue weighted by atomic mass is 9.93. The molecular formula is C12H25NO2. The zero-order valence-corrected chi connectivity index (χ0v) is 9.87. The second-order valence-electron chi connectivity index (χ2n) is 4.38. The van der Waals surface area contributed by atoms with Crippen LogP contribution < -0.4 is 5.32 Å². The third kappa shape index (κ3) is 5.50. The monoisotopic (exact) mass is 215 g/mol. The van der Waals surface area contributed by atoms with Gasteiger partial charge in [-0.15, -0.1) is 0 Å². The quantitative estimate of drug-likeness (QED) is 0.635. The number of nitrogens with one attached hydrogen (secondary N) is 1. The van der Waals surface area contributed by atoms with Gasteiger partial charge in [0.25, 0.3) is 0 Å². The Labute approximate surface area is 93.2 Å². The van der Waals surface area contributed by atoms with Gasteiger partial charge in [-0.05, 0) is 45.1 Å². The molecule has 1 aliphatic rings. The molecule has 1 aliphatic carbocycles. The van der Waals surface area contributed by atoms with Gasteiger partial charge >= 0.3 is 0 Å². The van der Waals surface area contributed by atoms with Crippen molar-refractivity contribution in [1.29, 1.82) is 0 Å². The van der Waals surface area contributed by atoms with E-state index < -0.39 is 0 Å². The van der Waals surface area contributed by atoms with E-state index in [-0.39, 0.29) is 6.61 Å². The maximum Gasteiger partial charge on any atom is 0.0576 e. The van der Waals surface area contributed by atoms with Gasteiger partial charge < -0.3 is 15.2 Å². The van der Waals surface area contributed by atoms with Crippen LogP contribution in [0.2, 0.25) is 0 Å². The molecule has 3 nitrogen and oxygen atoms in total. The van der Waals surface area contributed by atoms with Crippen LogP contribution in [-0.2, 0) is 4.74 Å². The van der Waals surface area contributed by atoms with Crippen LogP contribution in [0.3, 0.4) is 0 Å². The number of rotatable bonds is 7. The van der Waals surface area contributed by atoms with Crippen molar-refractivity contribution in [3.63, 3.8) is 0 Å². The number of aliphatic hydroxyl groups is 1. The number of hydrogen-bond donors (Lipinski definition) is 2. The van der Waals surface area contributed by atoms with Gasteiger partial charge in [0.2, 0.25) is 0 Å². The second kappa shape index (κ2) is 8.08. The van der Waals surface area contributed by atoms with Crippen LogP contribution in [0.15, 0.2) is 0 Å². The molecule has 0 atom stereocenters. The molecule has 0 aliphatic heterocycles. The Morgan fingerprint density at radius 3 is 2.60 bits per heavy atom. The predicted molar refractivity (Wildman–Crippen MR) is 62.0 cm³/mol. The summed E-state index contributed by atoms with van der Waals surface area (Å²) in [4.78, 5) is 0. The van der Waals surface area contributed by atoms with Crippen LogP contribution in [0.5, 0.6) is 0 Å². The number of ether oxygens (including phenoxy) is 1. The average Bonchev–Trinajstić information content (AvgIpc) is 2.28. The standard InChI is InChI=1S/C12H25NO2/c1-2-8-13-11-4-6-12(7-5-11)15-10-3-9-14/h11-14H,2-10H2,1H3. The number of aliphatic hydroxyl groups excluding tert-OH is 1. The van der Waals surface area contributed by atoms with Crippen LogP contribution in [0, 0.1) is 0 Å². The smallest absolute Gasteiger partial charge is 0.0576 e. The van der Waals surface area contributed by atoms with Gasteiger partial charge in [0, 0.05) is 19.3 Å². The molecule has 1 fully saturated rings. The Hall–Kier alpha value is -0.120. The summed E-state index contributed by atoms with van der Waals surface area (Å²) in [6.45, 7) is 4.30. The lowest BCUT2D eigenvalue weighted by molar-refractivity contribution is 0.0160. The molecule has 0 aromatic heterocycles. The van der Waals surface area contributed by atoms with Crippen molar-refractivity contribution >= 4 is 0 Å². The van der Waals surface area contributed by atoms with E-state index in [0.29, 0.717) is 18.8 Å².